The molecule has 1 heterocycles. The van der Waals surface area contributed by atoms with Crippen LogP contribution < -0.4 is 14.8 Å². The number of methoxy groups -OCH3 is 2. The maximum absolute atomic E-state index is 13.3. The first kappa shape index (κ1) is 20.0. The van der Waals surface area contributed by atoms with Gasteiger partial charge in [0, 0.05) is 17.8 Å². The second-order valence-electron chi connectivity index (χ2n) is 4.90. The van der Waals surface area contributed by atoms with Crippen molar-refractivity contribution in [1.29, 1.82) is 0 Å². The number of esters is 1. The minimum atomic E-state index is -4.61. The van der Waals surface area contributed by atoms with Crippen LogP contribution in [0.5, 0.6) is 5.88 Å². The summed E-state index contributed by atoms with van der Waals surface area (Å²) in [5, 5.41) is 2.10. The van der Waals surface area contributed by atoms with Crippen molar-refractivity contribution in [3.63, 3.8) is 0 Å². The van der Waals surface area contributed by atoms with E-state index in [2.05, 4.69) is 20.0 Å². The highest BCUT2D eigenvalue weighted by molar-refractivity contribution is 7.90. The van der Waals surface area contributed by atoms with Crippen molar-refractivity contribution >= 4 is 28.0 Å². The lowest BCUT2D eigenvalue weighted by Gasteiger charge is -2.13. The summed E-state index contributed by atoms with van der Waals surface area (Å²) in [6, 6.07) is 3.81. The molecule has 27 heavy (non-hydrogen) atoms. The molecule has 0 unspecified atom stereocenters. The summed E-state index contributed by atoms with van der Waals surface area (Å²) in [6.07, 6.45) is 1.28. The molecule has 1 aromatic heterocycles. The van der Waals surface area contributed by atoms with Crippen LogP contribution in [0.2, 0.25) is 0 Å². The van der Waals surface area contributed by atoms with Gasteiger partial charge in [-0.05, 0) is 6.07 Å². The third-order valence-electron chi connectivity index (χ3n) is 3.21. The van der Waals surface area contributed by atoms with Gasteiger partial charge in [-0.25, -0.2) is 32.1 Å². The van der Waals surface area contributed by atoms with Crippen molar-refractivity contribution in [3.05, 3.63) is 41.6 Å². The summed E-state index contributed by atoms with van der Waals surface area (Å²) in [4.78, 5) is 30.7. The van der Waals surface area contributed by atoms with Gasteiger partial charge in [-0.2, -0.15) is 4.98 Å². The minimum absolute atomic E-state index is 0.138. The number of hydrogen-bond acceptors (Lipinski definition) is 8. The fraction of sp³-hybridized carbons (Fsp3) is 0.200. The smallest absolute Gasteiger partial charge is 0.339 e. The highest BCUT2D eigenvalue weighted by atomic mass is 32.2. The van der Waals surface area contributed by atoms with Gasteiger partial charge >= 0.3 is 12.0 Å². The zero-order valence-electron chi connectivity index (χ0n) is 14.2. The number of carbonyl (C=O) groups is 2. The number of rotatable bonds is 6. The number of alkyl halides is 1. The number of sulfonamides is 1. The molecule has 0 fully saturated rings. The van der Waals surface area contributed by atoms with Gasteiger partial charge in [0.2, 0.25) is 11.8 Å². The number of ether oxygens (including phenoxy) is 2. The lowest BCUT2D eigenvalue weighted by Crippen LogP contribution is -2.36. The molecule has 0 bridgehead atoms. The maximum Gasteiger partial charge on any atom is 0.339 e. The Hall–Kier alpha value is -3.28. The monoisotopic (exact) mass is 398 g/mol. The van der Waals surface area contributed by atoms with Gasteiger partial charge in [0.15, 0.2) is 0 Å². The number of benzene rings is 1. The van der Waals surface area contributed by atoms with Gasteiger partial charge in [0.25, 0.3) is 10.0 Å². The molecule has 0 aliphatic heterocycles. The zero-order valence-corrected chi connectivity index (χ0v) is 15.0. The molecule has 144 valence electrons. The molecule has 2 N–H and O–H groups in total. The Balaban J connectivity index is 2.33. The Morgan fingerprint density at radius 2 is 1.96 bits per heavy atom. The first-order valence-corrected chi connectivity index (χ1v) is 8.77. The van der Waals surface area contributed by atoms with Crippen LogP contribution in [0.4, 0.5) is 15.1 Å². The van der Waals surface area contributed by atoms with Gasteiger partial charge in [0.1, 0.15) is 11.6 Å². The van der Waals surface area contributed by atoms with Crippen molar-refractivity contribution in [1.82, 2.24) is 14.7 Å². The lowest BCUT2D eigenvalue weighted by molar-refractivity contribution is 0.0596. The van der Waals surface area contributed by atoms with Crippen LogP contribution in [0.25, 0.3) is 0 Å². The average molecular weight is 398 g/mol. The van der Waals surface area contributed by atoms with Gasteiger partial charge in [0.05, 0.1) is 19.8 Å². The first-order chi connectivity index (χ1) is 12.8. The van der Waals surface area contributed by atoms with E-state index in [4.69, 9.17) is 4.74 Å². The van der Waals surface area contributed by atoms with Gasteiger partial charge in [-0.1, -0.05) is 12.1 Å². The molecule has 0 spiro atoms. The van der Waals surface area contributed by atoms with Crippen LogP contribution in [-0.2, 0) is 21.4 Å². The molecule has 1 aromatic carbocycles. The third kappa shape index (κ3) is 4.67. The zero-order chi connectivity index (χ0) is 20.0. The molecule has 12 heteroatoms. The molecular formula is C15H15FN4O6S. The molecule has 2 rings (SSSR count). The van der Waals surface area contributed by atoms with Crippen molar-refractivity contribution in [2.24, 2.45) is 0 Å². The largest absolute Gasteiger partial charge is 0.481 e. The van der Waals surface area contributed by atoms with Crippen molar-refractivity contribution in [2.75, 3.05) is 19.5 Å². The number of halogens is 1. The maximum atomic E-state index is 13.3. The lowest BCUT2D eigenvalue weighted by atomic mass is 10.1. The average Bonchev–Trinajstić information content (AvgIpc) is 2.66. The third-order valence-corrected chi connectivity index (χ3v) is 4.68. The fourth-order valence-electron chi connectivity index (χ4n) is 2.09. The molecule has 0 atom stereocenters. The number of hydrogen-bond donors (Lipinski definition) is 2. The van der Waals surface area contributed by atoms with Crippen LogP contribution in [0.15, 0.2) is 35.4 Å². The van der Waals surface area contributed by atoms with E-state index in [0.717, 1.165) is 13.2 Å². The molecule has 2 amide bonds. The minimum Gasteiger partial charge on any atom is -0.481 e. The molecule has 2 aromatic rings. The van der Waals surface area contributed by atoms with E-state index in [1.54, 1.807) is 4.72 Å². The molecule has 0 aliphatic carbocycles. The van der Waals surface area contributed by atoms with E-state index in [1.807, 2.05) is 0 Å². The molecular weight excluding hydrogens is 383 g/mol. The number of nitrogens with zero attached hydrogens (tertiary/aromatic N) is 2. The summed E-state index contributed by atoms with van der Waals surface area (Å²) in [5.74, 6) is -1.09. The SMILES string of the molecule is COC(=O)c1cccc(CF)c1S(=O)(=O)NC(=O)Nc1nccc(OC)n1. The second kappa shape index (κ2) is 8.40. The van der Waals surface area contributed by atoms with Crippen LogP contribution in [0.1, 0.15) is 15.9 Å². The Labute approximate surface area is 153 Å². The molecule has 10 nitrogen and oxygen atoms in total. The number of amides is 2. The Morgan fingerprint density at radius 3 is 2.59 bits per heavy atom. The van der Waals surface area contributed by atoms with Crippen molar-refractivity contribution < 1.29 is 31.9 Å². The van der Waals surface area contributed by atoms with E-state index < -0.39 is 39.2 Å². The van der Waals surface area contributed by atoms with E-state index in [0.29, 0.717) is 0 Å². The number of aromatic nitrogens is 2. The first-order valence-electron chi connectivity index (χ1n) is 7.29. The van der Waals surface area contributed by atoms with Crippen molar-refractivity contribution in [3.8, 4) is 5.88 Å². The number of carbonyl (C=O) groups excluding carboxylic acids is 2. The molecule has 0 saturated carbocycles. The topological polar surface area (TPSA) is 137 Å². The second-order valence-corrected chi connectivity index (χ2v) is 6.52. The van der Waals surface area contributed by atoms with Crippen LogP contribution in [0.3, 0.4) is 0 Å². The Bertz CT molecular complexity index is 967. The number of nitrogens with one attached hydrogen (secondary N) is 2. The number of urea groups is 1. The summed E-state index contributed by atoms with van der Waals surface area (Å²) < 4.78 is 49.4. The summed E-state index contributed by atoms with van der Waals surface area (Å²) in [5.41, 5.74) is -0.721. The predicted octanol–water partition coefficient (Wildman–Crippen LogP) is 1.25. The molecule has 0 aliphatic rings. The molecule has 0 saturated heterocycles. The molecule has 0 radical (unpaired) electrons. The highest BCUT2D eigenvalue weighted by Gasteiger charge is 2.28. The van der Waals surface area contributed by atoms with Crippen LogP contribution in [0, 0.1) is 0 Å². The van der Waals surface area contributed by atoms with E-state index >= 15 is 0 Å². The Kier molecular flexibility index (Phi) is 6.23. The summed E-state index contributed by atoms with van der Waals surface area (Å²) >= 11 is 0. The summed E-state index contributed by atoms with van der Waals surface area (Å²) in [6.45, 7) is -1.18. The highest BCUT2D eigenvalue weighted by Crippen LogP contribution is 2.23. The van der Waals surface area contributed by atoms with Crippen molar-refractivity contribution in [2.45, 2.75) is 11.6 Å². The van der Waals surface area contributed by atoms with E-state index in [1.165, 1.54) is 31.5 Å². The van der Waals surface area contributed by atoms with Crippen LogP contribution in [-0.4, -0.2) is 44.6 Å². The standard InChI is InChI=1S/C15H15FN4O6S/c1-25-11-6-7-17-14(18-11)19-15(22)20-27(23,24)12-9(8-16)4-3-5-10(12)13(21)26-2/h3-7H,8H2,1-2H3,(H2,17,18,19,20,22). The van der Waals surface area contributed by atoms with E-state index in [9.17, 15) is 22.4 Å². The predicted molar refractivity (Wildman–Crippen MR) is 90.5 cm³/mol. The number of anilines is 1. The normalized spacial score (nSPS) is 10.8. The fourth-order valence-corrected chi connectivity index (χ4v) is 3.40. The van der Waals surface area contributed by atoms with Gasteiger partial charge in [-0.3, -0.25) is 5.32 Å². The Morgan fingerprint density at radius 1 is 1.22 bits per heavy atom. The summed E-state index contributed by atoms with van der Waals surface area (Å²) in [7, 11) is -2.22. The van der Waals surface area contributed by atoms with Crippen LogP contribution >= 0.6 is 0 Å². The van der Waals surface area contributed by atoms with E-state index in [-0.39, 0.29) is 17.4 Å². The quantitative estimate of drug-likeness (QED) is 0.694. The van der Waals surface area contributed by atoms with Gasteiger partial charge < -0.3 is 9.47 Å². The van der Waals surface area contributed by atoms with Gasteiger partial charge in [-0.15, -0.1) is 0 Å².